The Labute approximate surface area is 119 Å². The van der Waals surface area contributed by atoms with E-state index in [2.05, 4.69) is 15.0 Å². The molecule has 0 amide bonds. The number of rotatable bonds is 5. The monoisotopic (exact) mass is 272 g/mol. The predicted molar refractivity (Wildman–Crippen MR) is 78.5 cm³/mol. The van der Waals surface area contributed by atoms with Crippen LogP contribution in [0.5, 0.6) is 5.75 Å². The van der Waals surface area contributed by atoms with E-state index in [1.807, 2.05) is 45.0 Å². The van der Waals surface area contributed by atoms with Gasteiger partial charge in [-0.25, -0.2) is 15.0 Å². The summed E-state index contributed by atoms with van der Waals surface area (Å²) in [6, 6.07) is 7.77. The van der Waals surface area contributed by atoms with E-state index in [1.165, 1.54) is 0 Å². The number of aromatic nitrogens is 3. The summed E-state index contributed by atoms with van der Waals surface area (Å²) in [5.74, 6) is 2.97. The molecule has 20 heavy (non-hydrogen) atoms. The van der Waals surface area contributed by atoms with E-state index in [9.17, 15) is 0 Å². The smallest absolute Gasteiger partial charge is 0.163 e. The standard InChI is InChI=1S/C15H20N4O/c1-10(2)20-13-6-4-12(5-7-13)15-18-11(3)17-14(19-15)8-9-16/h4-7,10H,8-9,16H2,1-3H3. The Hall–Kier alpha value is -2.01. The molecule has 5 nitrogen and oxygen atoms in total. The zero-order valence-corrected chi connectivity index (χ0v) is 12.1. The molecule has 0 aliphatic carbocycles. The van der Waals surface area contributed by atoms with Gasteiger partial charge >= 0.3 is 0 Å². The van der Waals surface area contributed by atoms with Crippen molar-refractivity contribution in [3.05, 3.63) is 35.9 Å². The average molecular weight is 272 g/mol. The minimum atomic E-state index is 0.163. The second-order valence-electron chi connectivity index (χ2n) is 4.85. The van der Waals surface area contributed by atoms with Crippen LogP contribution in [0.2, 0.25) is 0 Å². The van der Waals surface area contributed by atoms with Crippen molar-refractivity contribution in [2.45, 2.75) is 33.3 Å². The summed E-state index contributed by atoms with van der Waals surface area (Å²) in [7, 11) is 0. The molecule has 2 N–H and O–H groups in total. The Morgan fingerprint density at radius 1 is 1.10 bits per heavy atom. The van der Waals surface area contributed by atoms with Crippen molar-refractivity contribution >= 4 is 0 Å². The average Bonchev–Trinajstić information content (AvgIpc) is 2.38. The maximum atomic E-state index is 5.62. The number of aryl methyl sites for hydroxylation is 1. The number of nitrogens with two attached hydrogens (primary N) is 1. The fourth-order valence-corrected chi connectivity index (χ4v) is 1.86. The summed E-state index contributed by atoms with van der Waals surface area (Å²) in [5.41, 5.74) is 6.50. The van der Waals surface area contributed by atoms with Gasteiger partial charge in [0.05, 0.1) is 6.10 Å². The van der Waals surface area contributed by atoms with Crippen molar-refractivity contribution in [3.8, 4) is 17.1 Å². The van der Waals surface area contributed by atoms with Gasteiger partial charge in [0.2, 0.25) is 0 Å². The zero-order valence-electron chi connectivity index (χ0n) is 12.1. The second-order valence-corrected chi connectivity index (χ2v) is 4.85. The minimum absolute atomic E-state index is 0.163. The molecule has 0 radical (unpaired) electrons. The molecule has 2 aromatic rings. The van der Waals surface area contributed by atoms with Crippen LogP contribution in [-0.4, -0.2) is 27.6 Å². The lowest BCUT2D eigenvalue weighted by molar-refractivity contribution is 0.242. The topological polar surface area (TPSA) is 73.9 Å². The van der Waals surface area contributed by atoms with Crippen LogP contribution in [0.15, 0.2) is 24.3 Å². The summed E-state index contributed by atoms with van der Waals surface area (Å²) in [6.07, 6.45) is 0.821. The van der Waals surface area contributed by atoms with E-state index < -0.39 is 0 Å². The molecule has 0 aliphatic heterocycles. The van der Waals surface area contributed by atoms with Crippen LogP contribution < -0.4 is 10.5 Å². The summed E-state index contributed by atoms with van der Waals surface area (Å²) < 4.78 is 5.62. The lowest BCUT2D eigenvalue weighted by atomic mass is 10.2. The highest BCUT2D eigenvalue weighted by Gasteiger charge is 2.06. The van der Waals surface area contributed by atoms with Crippen LogP contribution in [0.3, 0.4) is 0 Å². The number of ether oxygens (including phenoxy) is 1. The maximum absolute atomic E-state index is 5.62. The van der Waals surface area contributed by atoms with Crippen LogP contribution in [-0.2, 0) is 6.42 Å². The summed E-state index contributed by atoms with van der Waals surface area (Å²) in [4.78, 5) is 13.1. The fraction of sp³-hybridized carbons (Fsp3) is 0.400. The highest BCUT2D eigenvalue weighted by molar-refractivity contribution is 5.56. The summed E-state index contributed by atoms with van der Waals surface area (Å²) >= 11 is 0. The molecule has 1 aromatic heterocycles. The van der Waals surface area contributed by atoms with Crippen LogP contribution in [0.1, 0.15) is 25.5 Å². The van der Waals surface area contributed by atoms with Gasteiger partial charge in [0.25, 0.3) is 0 Å². The van der Waals surface area contributed by atoms with E-state index in [0.29, 0.717) is 24.6 Å². The lowest BCUT2D eigenvalue weighted by Gasteiger charge is -2.10. The van der Waals surface area contributed by atoms with Gasteiger partial charge in [-0.15, -0.1) is 0 Å². The molecule has 5 heteroatoms. The molecular weight excluding hydrogens is 252 g/mol. The quantitative estimate of drug-likeness (QED) is 0.902. The first-order chi connectivity index (χ1) is 9.58. The maximum Gasteiger partial charge on any atom is 0.163 e. The van der Waals surface area contributed by atoms with Crippen molar-refractivity contribution in [3.63, 3.8) is 0 Å². The molecule has 0 saturated heterocycles. The van der Waals surface area contributed by atoms with E-state index >= 15 is 0 Å². The van der Waals surface area contributed by atoms with Gasteiger partial charge in [-0.05, 0) is 51.6 Å². The summed E-state index contributed by atoms with van der Waals surface area (Å²) in [5, 5.41) is 0. The second kappa shape index (κ2) is 6.43. The van der Waals surface area contributed by atoms with Gasteiger partial charge in [0, 0.05) is 12.0 Å². The molecule has 0 saturated carbocycles. The Morgan fingerprint density at radius 2 is 1.80 bits per heavy atom. The SMILES string of the molecule is Cc1nc(CCN)nc(-c2ccc(OC(C)C)cc2)n1. The molecule has 1 heterocycles. The van der Waals surface area contributed by atoms with E-state index in [1.54, 1.807) is 0 Å². The number of nitrogens with zero attached hydrogens (tertiary/aromatic N) is 3. The molecule has 0 unspecified atom stereocenters. The Bertz CT molecular complexity index is 567. The zero-order chi connectivity index (χ0) is 14.5. The van der Waals surface area contributed by atoms with E-state index in [-0.39, 0.29) is 6.10 Å². The molecular formula is C15H20N4O. The van der Waals surface area contributed by atoms with Crippen molar-refractivity contribution < 1.29 is 4.74 Å². The fourth-order valence-electron chi connectivity index (χ4n) is 1.86. The van der Waals surface area contributed by atoms with Gasteiger partial charge in [-0.2, -0.15) is 0 Å². The van der Waals surface area contributed by atoms with E-state index in [0.717, 1.165) is 17.1 Å². The van der Waals surface area contributed by atoms with Crippen LogP contribution in [0.25, 0.3) is 11.4 Å². The lowest BCUT2D eigenvalue weighted by Crippen LogP contribution is -2.09. The van der Waals surface area contributed by atoms with Crippen LogP contribution >= 0.6 is 0 Å². The predicted octanol–water partition coefficient (Wildman–Crippen LogP) is 2.14. The molecule has 0 bridgehead atoms. The van der Waals surface area contributed by atoms with Gasteiger partial charge < -0.3 is 10.5 Å². The van der Waals surface area contributed by atoms with Gasteiger partial charge in [0.1, 0.15) is 17.4 Å². The number of hydrogen-bond acceptors (Lipinski definition) is 5. The Morgan fingerprint density at radius 3 is 2.40 bits per heavy atom. The first-order valence-corrected chi connectivity index (χ1v) is 6.77. The minimum Gasteiger partial charge on any atom is -0.491 e. The van der Waals surface area contributed by atoms with Crippen molar-refractivity contribution in [2.75, 3.05) is 6.54 Å². The van der Waals surface area contributed by atoms with Gasteiger partial charge in [0.15, 0.2) is 5.82 Å². The normalized spacial score (nSPS) is 10.8. The molecule has 0 atom stereocenters. The van der Waals surface area contributed by atoms with Crippen molar-refractivity contribution in [1.82, 2.24) is 15.0 Å². The molecule has 0 spiro atoms. The van der Waals surface area contributed by atoms with Crippen molar-refractivity contribution in [1.29, 1.82) is 0 Å². The Balaban J connectivity index is 2.26. The van der Waals surface area contributed by atoms with Gasteiger partial charge in [-0.1, -0.05) is 0 Å². The third-order valence-electron chi connectivity index (χ3n) is 2.65. The third-order valence-corrected chi connectivity index (χ3v) is 2.65. The largest absolute Gasteiger partial charge is 0.491 e. The third kappa shape index (κ3) is 3.74. The van der Waals surface area contributed by atoms with Crippen LogP contribution in [0, 0.1) is 6.92 Å². The Kier molecular flexibility index (Phi) is 4.63. The highest BCUT2D eigenvalue weighted by atomic mass is 16.5. The number of hydrogen-bond donors (Lipinski definition) is 1. The molecule has 1 aromatic carbocycles. The highest BCUT2D eigenvalue weighted by Crippen LogP contribution is 2.20. The van der Waals surface area contributed by atoms with Crippen LogP contribution in [0.4, 0.5) is 0 Å². The molecule has 0 aliphatic rings. The van der Waals surface area contributed by atoms with Gasteiger partial charge in [-0.3, -0.25) is 0 Å². The molecule has 2 rings (SSSR count). The molecule has 106 valence electrons. The summed E-state index contributed by atoms with van der Waals surface area (Å²) in [6.45, 7) is 6.40. The molecule has 0 fully saturated rings. The number of benzene rings is 1. The first kappa shape index (κ1) is 14.4. The van der Waals surface area contributed by atoms with E-state index in [4.69, 9.17) is 10.5 Å². The van der Waals surface area contributed by atoms with Crippen molar-refractivity contribution in [2.24, 2.45) is 5.73 Å². The first-order valence-electron chi connectivity index (χ1n) is 6.77.